The molecule has 0 aliphatic heterocycles. The van der Waals surface area contributed by atoms with E-state index in [-0.39, 0.29) is 5.56 Å². The number of unbranched alkanes of at least 4 members (excludes halogenated alkanes) is 1. The fourth-order valence-corrected chi connectivity index (χ4v) is 2.41. The van der Waals surface area contributed by atoms with E-state index in [1.807, 2.05) is 25.1 Å². The molecular formula is C18H23N3O3. The summed E-state index contributed by atoms with van der Waals surface area (Å²) in [4.78, 5) is 27.0. The number of hydrogen-bond donors (Lipinski definition) is 2. The number of nitrogens with one attached hydrogen (secondary N) is 2. The standard InChI is InChI=1S/C18H23N3O3/c1-4-14-11-15(8-7-13(14)2)19-16-12-17(22)21(18(23)20-16)9-5-6-10-24-3/h4,7-8,11-12,19H,1,5-6,9-10H2,2-3H3,(H,20,23). The topological polar surface area (TPSA) is 76.1 Å². The van der Waals surface area contributed by atoms with E-state index < -0.39 is 5.69 Å². The van der Waals surface area contributed by atoms with Crippen molar-refractivity contribution in [2.24, 2.45) is 0 Å². The number of ether oxygens (including phenoxy) is 1. The van der Waals surface area contributed by atoms with Crippen molar-refractivity contribution in [3.8, 4) is 0 Å². The van der Waals surface area contributed by atoms with Gasteiger partial charge in [-0.1, -0.05) is 18.7 Å². The highest BCUT2D eigenvalue weighted by Gasteiger charge is 2.05. The molecule has 0 spiro atoms. The monoisotopic (exact) mass is 329 g/mol. The van der Waals surface area contributed by atoms with Gasteiger partial charge in [0.1, 0.15) is 5.82 Å². The molecule has 0 saturated heterocycles. The zero-order chi connectivity index (χ0) is 17.5. The molecule has 1 aromatic heterocycles. The highest BCUT2D eigenvalue weighted by Crippen LogP contribution is 2.18. The highest BCUT2D eigenvalue weighted by molar-refractivity contribution is 5.63. The van der Waals surface area contributed by atoms with Crippen LogP contribution in [-0.4, -0.2) is 23.3 Å². The first-order valence-corrected chi connectivity index (χ1v) is 7.88. The first-order valence-electron chi connectivity index (χ1n) is 7.88. The summed E-state index contributed by atoms with van der Waals surface area (Å²) < 4.78 is 6.16. The van der Waals surface area contributed by atoms with Crippen LogP contribution in [0.25, 0.3) is 6.08 Å². The molecule has 0 fully saturated rings. The van der Waals surface area contributed by atoms with Crippen molar-refractivity contribution in [3.05, 3.63) is 62.8 Å². The summed E-state index contributed by atoms with van der Waals surface area (Å²) in [6, 6.07) is 7.15. The molecule has 0 atom stereocenters. The number of benzene rings is 1. The Balaban J connectivity index is 2.16. The fraction of sp³-hybridized carbons (Fsp3) is 0.333. The first-order chi connectivity index (χ1) is 11.5. The third-order valence-electron chi connectivity index (χ3n) is 3.78. The van der Waals surface area contributed by atoms with Gasteiger partial charge in [0.25, 0.3) is 5.56 Å². The molecule has 2 rings (SSSR count). The van der Waals surface area contributed by atoms with Crippen LogP contribution in [0.3, 0.4) is 0 Å². The number of hydrogen-bond acceptors (Lipinski definition) is 4. The lowest BCUT2D eigenvalue weighted by Gasteiger charge is -2.10. The maximum absolute atomic E-state index is 12.1. The number of rotatable bonds is 8. The van der Waals surface area contributed by atoms with E-state index in [1.54, 1.807) is 13.2 Å². The minimum atomic E-state index is -0.418. The normalized spacial score (nSPS) is 10.6. The van der Waals surface area contributed by atoms with Gasteiger partial charge in [-0.2, -0.15) is 0 Å². The number of H-pyrrole nitrogens is 1. The van der Waals surface area contributed by atoms with Crippen LogP contribution in [0.5, 0.6) is 0 Å². The Kier molecular flexibility index (Phi) is 6.14. The van der Waals surface area contributed by atoms with Gasteiger partial charge in [-0.25, -0.2) is 4.79 Å². The predicted molar refractivity (Wildman–Crippen MR) is 97.0 cm³/mol. The first kappa shape index (κ1) is 17.7. The minimum Gasteiger partial charge on any atom is -0.385 e. The molecule has 0 amide bonds. The lowest BCUT2D eigenvalue weighted by Crippen LogP contribution is -2.35. The molecule has 1 aromatic carbocycles. The highest BCUT2D eigenvalue weighted by atomic mass is 16.5. The molecule has 0 unspecified atom stereocenters. The Morgan fingerprint density at radius 1 is 1.29 bits per heavy atom. The van der Waals surface area contributed by atoms with Crippen molar-refractivity contribution >= 4 is 17.6 Å². The fourth-order valence-electron chi connectivity index (χ4n) is 2.41. The van der Waals surface area contributed by atoms with Gasteiger partial charge in [-0.05, 0) is 43.0 Å². The third-order valence-corrected chi connectivity index (χ3v) is 3.78. The van der Waals surface area contributed by atoms with Crippen molar-refractivity contribution in [2.75, 3.05) is 19.0 Å². The van der Waals surface area contributed by atoms with E-state index in [2.05, 4.69) is 16.9 Å². The minimum absolute atomic E-state index is 0.324. The summed E-state index contributed by atoms with van der Waals surface area (Å²) in [6.07, 6.45) is 3.28. The SMILES string of the molecule is C=Cc1cc(Nc2cc(=O)n(CCCCOC)c(=O)[nH]2)ccc1C. The Labute approximate surface area is 140 Å². The lowest BCUT2D eigenvalue weighted by atomic mass is 10.1. The molecule has 128 valence electrons. The Bertz CT molecular complexity index is 790. The van der Waals surface area contributed by atoms with E-state index >= 15 is 0 Å². The second-order valence-electron chi connectivity index (χ2n) is 5.58. The third kappa shape index (κ3) is 4.45. The van der Waals surface area contributed by atoms with Gasteiger partial charge in [-0.15, -0.1) is 0 Å². The van der Waals surface area contributed by atoms with Crippen molar-refractivity contribution < 1.29 is 4.74 Å². The van der Waals surface area contributed by atoms with E-state index in [9.17, 15) is 9.59 Å². The Hall–Kier alpha value is -2.60. The van der Waals surface area contributed by atoms with Crippen LogP contribution in [0, 0.1) is 6.92 Å². The molecule has 0 radical (unpaired) electrons. The van der Waals surface area contributed by atoms with Gasteiger partial charge in [-0.3, -0.25) is 14.3 Å². The van der Waals surface area contributed by atoms with Gasteiger partial charge in [0, 0.05) is 32.0 Å². The van der Waals surface area contributed by atoms with Gasteiger partial charge < -0.3 is 10.1 Å². The summed E-state index contributed by atoms with van der Waals surface area (Å²) in [5, 5.41) is 3.05. The van der Waals surface area contributed by atoms with Crippen LogP contribution in [0.4, 0.5) is 11.5 Å². The molecule has 0 bridgehead atoms. The summed E-state index contributed by atoms with van der Waals surface area (Å²) in [7, 11) is 1.63. The Morgan fingerprint density at radius 3 is 2.75 bits per heavy atom. The van der Waals surface area contributed by atoms with Crippen molar-refractivity contribution in [3.63, 3.8) is 0 Å². The molecule has 2 N–H and O–H groups in total. The van der Waals surface area contributed by atoms with Crippen LogP contribution in [0.1, 0.15) is 24.0 Å². The van der Waals surface area contributed by atoms with Gasteiger partial charge in [0.05, 0.1) is 0 Å². The second-order valence-corrected chi connectivity index (χ2v) is 5.58. The number of anilines is 2. The van der Waals surface area contributed by atoms with Crippen molar-refractivity contribution in [1.29, 1.82) is 0 Å². The zero-order valence-electron chi connectivity index (χ0n) is 14.1. The van der Waals surface area contributed by atoms with Gasteiger partial charge in [0.15, 0.2) is 0 Å². The van der Waals surface area contributed by atoms with E-state index in [0.29, 0.717) is 25.4 Å². The van der Waals surface area contributed by atoms with Gasteiger partial charge >= 0.3 is 5.69 Å². The number of aromatic amines is 1. The van der Waals surface area contributed by atoms with Crippen LogP contribution >= 0.6 is 0 Å². The molecule has 0 aliphatic rings. The summed E-state index contributed by atoms with van der Waals surface area (Å²) in [5.41, 5.74) is 2.14. The second kappa shape index (κ2) is 8.31. The molecule has 0 saturated carbocycles. The molecular weight excluding hydrogens is 306 g/mol. The molecule has 6 nitrogen and oxygen atoms in total. The molecule has 2 aromatic rings. The van der Waals surface area contributed by atoms with Crippen LogP contribution in [0.15, 0.2) is 40.4 Å². The number of aryl methyl sites for hydroxylation is 1. The predicted octanol–water partition coefficient (Wildman–Crippen LogP) is 2.66. The zero-order valence-corrected chi connectivity index (χ0v) is 14.1. The summed E-state index contributed by atoms with van der Waals surface area (Å²) >= 11 is 0. The van der Waals surface area contributed by atoms with Crippen LogP contribution in [-0.2, 0) is 11.3 Å². The smallest absolute Gasteiger partial charge is 0.329 e. The largest absolute Gasteiger partial charge is 0.385 e. The number of nitrogens with zero attached hydrogens (tertiary/aromatic N) is 1. The molecule has 6 heteroatoms. The van der Waals surface area contributed by atoms with E-state index in [1.165, 1.54) is 10.6 Å². The quantitative estimate of drug-likeness (QED) is 0.730. The number of methoxy groups -OCH3 is 1. The number of aromatic nitrogens is 2. The van der Waals surface area contributed by atoms with E-state index in [4.69, 9.17) is 4.74 Å². The van der Waals surface area contributed by atoms with Crippen LogP contribution < -0.4 is 16.6 Å². The average Bonchev–Trinajstić information content (AvgIpc) is 2.55. The van der Waals surface area contributed by atoms with Crippen molar-refractivity contribution in [1.82, 2.24) is 9.55 Å². The van der Waals surface area contributed by atoms with Gasteiger partial charge in [0.2, 0.25) is 0 Å². The van der Waals surface area contributed by atoms with Crippen molar-refractivity contribution in [2.45, 2.75) is 26.3 Å². The molecule has 24 heavy (non-hydrogen) atoms. The maximum Gasteiger partial charge on any atom is 0.329 e. The maximum atomic E-state index is 12.1. The Morgan fingerprint density at radius 2 is 2.08 bits per heavy atom. The van der Waals surface area contributed by atoms with Crippen LogP contribution in [0.2, 0.25) is 0 Å². The average molecular weight is 329 g/mol. The summed E-state index contributed by atoms with van der Waals surface area (Å²) in [6.45, 7) is 6.76. The molecule has 1 heterocycles. The molecule has 0 aliphatic carbocycles. The summed E-state index contributed by atoms with van der Waals surface area (Å²) in [5.74, 6) is 0.372. The lowest BCUT2D eigenvalue weighted by molar-refractivity contribution is 0.191. The van der Waals surface area contributed by atoms with E-state index in [0.717, 1.165) is 23.2 Å².